The van der Waals surface area contributed by atoms with Crippen molar-refractivity contribution in [2.75, 3.05) is 0 Å². The maximum absolute atomic E-state index is 4.23. The Balaban J connectivity index is 1.92. The molecule has 0 aliphatic rings. The summed E-state index contributed by atoms with van der Waals surface area (Å²) in [5, 5.41) is 24.0. The Morgan fingerprint density at radius 3 is 2.33 bits per heavy atom. The van der Waals surface area contributed by atoms with Crippen LogP contribution in [0.4, 0.5) is 0 Å². The van der Waals surface area contributed by atoms with Crippen LogP contribution < -0.4 is 0 Å². The number of tetrazole rings is 1. The van der Waals surface area contributed by atoms with Gasteiger partial charge in [0.15, 0.2) is 0 Å². The van der Waals surface area contributed by atoms with E-state index in [1.807, 2.05) is 26.0 Å². The Labute approximate surface area is 140 Å². The maximum atomic E-state index is 4.23. The second-order valence-electron chi connectivity index (χ2n) is 6.79. The molecular weight excluding hydrogens is 304 g/mol. The van der Waals surface area contributed by atoms with Crippen molar-refractivity contribution in [1.29, 1.82) is 0 Å². The molecule has 0 fully saturated rings. The fraction of sp³-hybridized carbons (Fsp3) is 0.375. The van der Waals surface area contributed by atoms with Gasteiger partial charge in [0, 0.05) is 11.3 Å². The summed E-state index contributed by atoms with van der Waals surface area (Å²) in [4.78, 5) is 1.33. The van der Waals surface area contributed by atoms with Gasteiger partial charge in [-0.05, 0) is 35.3 Å². The van der Waals surface area contributed by atoms with Crippen molar-refractivity contribution in [3.8, 4) is 17.2 Å². The minimum absolute atomic E-state index is 0.119. The molecule has 8 heteroatoms. The zero-order chi connectivity index (χ0) is 17.3. The van der Waals surface area contributed by atoms with Gasteiger partial charge < -0.3 is 0 Å². The second kappa shape index (κ2) is 5.95. The number of benzene rings is 1. The van der Waals surface area contributed by atoms with Crippen LogP contribution in [-0.2, 0) is 5.41 Å². The summed E-state index contributed by atoms with van der Waals surface area (Å²) in [5.41, 5.74) is 3.97. The number of aromatic nitrogens is 7. The molecule has 0 N–H and O–H groups in total. The maximum Gasteiger partial charge on any atom is 0.293 e. The Morgan fingerprint density at radius 2 is 1.71 bits per heavy atom. The molecule has 0 saturated carbocycles. The third kappa shape index (κ3) is 3.22. The lowest BCUT2D eigenvalue weighted by atomic mass is 9.86. The molecule has 0 atom stereocenters. The average Bonchev–Trinajstić information content (AvgIpc) is 3.14. The number of rotatable bonds is 3. The van der Waals surface area contributed by atoms with E-state index in [-0.39, 0.29) is 5.41 Å². The van der Waals surface area contributed by atoms with Gasteiger partial charge in [-0.2, -0.15) is 9.78 Å². The van der Waals surface area contributed by atoms with Gasteiger partial charge in [0.05, 0.1) is 6.20 Å². The Hall–Kier alpha value is -2.90. The number of nitrogens with zero attached hydrogens (tertiary/aromatic N) is 8. The van der Waals surface area contributed by atoms with Crippen LogP contribution >= 0.6 is 0 Å². The van der Waals surface area contributed by atoms with Crippen molar-refractivity contribution in [2.24, 2.45) is 5.10 Å². The van der Waals surface area contributed by atoms with Crippen LogP contribution in [-0.4, -0.2) is 41.0 Å². The third-order valence-electron chi connectivity index (χ3n) is 3.48. The lowest BCUT2D eigenvalue weighted by Gasteiger charge is -2.18. The summed E-state index contributed by atoms with van der Waals surface area (Å²) in [5.74, 6) is 0.390. The lowest BCUT2D eigenvalue weighted by Crippen LogP contribution is -2.10. The van der Waals surface area contributed by atoms with Crippen molar-refractivity contribution in [3.63, 3.8) is 0 Å². The molecular formula is C16H20N8. The van der Waals surface area contributed by atoms with Gasteiger partial charge in [0.1, 0.15) is 5.69 Å². The van der Waals surface area contributed by atoms with E-state index in [0.717, 1.165) is 17.0 Å². The Morgan fingerprint density at radius 1 is 1.00 bits per heavy atom. The standard InChI is InChI=1S/C16H20N8/c1-11(2)19-24-15(18-20-22-24)23-10-14(17-21-23)12-6-8-13(9-7-12)16(3,4)5/h6-10H,1-5H3. The predicted octanol–water partition coefficient (Wildman–Crippen LogP) is 2.46. The third-order valence-corrected chi connectivity index (χ3v) is 3.48. The molecule has 0 saturated heterocycles. The molecule has 0 aliphatic heterocycles. The zero-order valence-electron chi connectivity index (χ0n) is 14.5. The van der Waals surface area contributed by atoms with Gasteiger partial charge in [-0.25, -0.2) is 0 Å². The molecule has 0 spiro atoms. The van der Waals surface area contributed by atoms with E-state index in [1.165, 1.54) is 15.0 Å². The smallest absolute Gasteiger partial charge is 0.182 e. The van der Waals surface area contributed by atoms with Crippen LogP contribution in [0.5, 0.6) is 0 Å². The quantitative estimate of drug-likeness (QED) is 0.691. The molecule has 8 nitrogen and oxygen atoms in total. The van der Waals surface area contributed by atoms with Crippen molar-refractivity contribution in [2.45, 2.75) is 40.0 Å². The molecule has 0 bridgehead atoms. The van der Waals surface area contributed by atoms with Gasteiger partial charge in [-0.1, -0.05) is 60.1 Å². The van der Waals surface area contributed by atoms with Crippen LogP contribution in [0, 0.1) is 0 Å². The summed E-state index contributed by atoms with van der Waals surface area (Å²) in [7, 11) is 0. The molecule has 3 aromatic rings. The second-order valence-corrected chi connectivity index (χ2v) is 6.79. The first-order chi connectivity index (χ1) is 11.3. The van der Waals surface area contributed by atoms with Crippen molar-refractivity contribution in [1.82, 2.24) is 35.3 Å². The van der Waals surface area contributed by atoms with Crippen molar-refractivity contribution >= 4 is 5.71 Å². The largest absolute Gasteiger partial charge is 0.293 e. The summed E-state index contributed by atoms with van der Waals surface area (Å²) >= 11 is 0. The van der Waals surface area contributed by atoms with E-state index < -0.39 is 0 Å². The minimum atomic E-state index is 0.119. The van der Waals surface area contributed by atoms with Crippen LogP contribution in [0.25, 0.3) is 17.2 Å². The van der Waals surface area contributed by atoms with Gasteiger partial charge in [0.25, 0.3) is 5.95 Å². The number of hydrogen-bond donors (Lipinski definition) is 0. The van der Waals surface area contributed by atoms with Crippen LogP contribution in [0.2, 0.25) is 0 Å². The molecule has 124 valence electrons. The minimum Gasteiger partial charge on any atom is -0.182 e. The van der Waals surface area contributed by atoms with Gasteiger partial charge in [0.2, 0.25) is 0 Å². The van der Waals surface area contributed by atoms with E-state index in [2.05, 4.69) is 63.8 Å². The summed E-state index contributed by atoms with van der Waals surface area (Å²) in [6.45, 7) is 10.3. The highest BCUT2D eigenvalue weighted by molar-refractivity contribution is 5.78. The van der Waals surface area contributed by atoms with Crippen LogP contribution in [0.1, 0.15) is 40.2 Å². The highest BCUT2D eigenvalue weighted by Gasteiger charge is 2.15. The first kappa shape index (κ1) is 16.0. The fourth-order valence-electron chi connectivity index (χ4n) is 2.20. The van der Waals surface area contributed by atoms with Gasteiger partial charge in [-0.3, -0.25) is 0 Å². The van der Waals surface area contributed by atoms with Gasteiger partial charge >= 0.3 is 0 Å². The number of hydrogen-bond acceptors (Lipinski definition) is 6. The summed E-state index contributed by atoms with van der Waals surface area (Å²) in [6, 6.07) is 8.32. The fourth-order valence-corrected chi connectivity index (χ4v) is 2.20. The summed E-state index contributed by atoms with van der Waals surface area (Å²) in [6.07, 6.45) is 1.79. The molecule has 1 aromatic carbocycles. The van der Waals surface area contributed by atoms with Crippen molar-refractivity contribution in [3.05, 3.63) is 36.0 Å². The van der Waals surface area contributed by atoms with Crippen molar-refractivity contribution < 1.29 is 0 Å². The average molecular weight is 324 g/mol. The van der Waals surface area contributed by atoms with Crippen LogP contribution in [0.3, 0.4) is 0 Å². The first-order valence-electron chi connectivity index (χ1n) is 7.69. The molecule has 0 amide bonds. The molecule has 24 heavy (non-hydrogen) atoms. The lowest BCUT2D eigenvalue weighted by molar-refractivity contribution is 0.590. The Kier molecular flexibility index (Phi) is 3.96. The first-order valence-corrected chi connectivity index (χ1v) is 7.69. The SMILES string of the molecule is CC(C)=Nn1nnnc1-n1cc(-c2ccc(C(C)(C)C)cc2)nn1. The highest BCUT2D eigenvalue weighted by atomic mass is 15.7. The normalized spacial score (nSPS) is 11.5. The van der Waals surface area contributed by atoms with E-state index in [1.54, 1.807) is 6.20 Å². The topological polar surface area (TPSA) is 86.7 Å². The molecule has 0 radical (unpaired) electrons. The van der Waals surface area contributed by atoms with E-state index in [9.17, 15) is 0 Å². The molecule has 3 rings (SSSR count). The van der Waals surface area contributed by atoms with Gasteiger partial charge in [-0.15, -0.1) is 5.10 Å². The molecule has 0 unspecified atom stereocenters. The summed E-state index contributed by atoms with van der Waals surface area (Å²) < 4.78 is 1.51. The molecule has 2 aromatic heterocycles. The van der Waals surface area contributed by atoms with Crippen LogP contribution in [0.15, 0.2) is 35.6 Å². The molecule has 2 heterocycles. The van der Waals surface area contributed by atoms with E-state index in [4.69, 9.17) is 0 Å². The Bertz CT molecular complexity index is 860. The predicted molar refractivity (Wildman–Crippen MR) is 91.1 cm³/mol. The van der Waals surface area contributed by atoms with E-state index >= 15 is 0 Å². The highest BCUT2D eigenvalue weighted by Crippen LogP contribution is 2.25. The molecule has 0 aliphatic carbocycles. The van der Waals surface area contributed by atoms with E-state index in [0.29, 0.717) is 5.95 Å². The monoisotopic (exact) mass is 324 g/mol. The zero-order valence-corrected chi connectivity index (χ0v) is 14.5.